The van der Waals surface area contributed by atoms with Crippen LogP contribution in [0.4, 0.5) is 11.5 Å². The highest BCUT2D eigenvalue weighted by Crippen LogP contribution is 2.31. The lowest BCUT2D eigenvalue weighted by Gasteiger charge is -2.09. The quantitative estimate of drug-likeness (QED) is 0.518. The van der Waals surface area contributed by atoms with E-state index in [0.29, 0.717) is 10.8 Å². The topological polar surface area (TPSA) is 68.0 Å². The first-order valence-corrected chi connectivity index (χ1v) is 8.05. The summed E-state index contributed by atoms with van der Waals surface area (Å²) in [4.78, 5) is 17.9. The van der Waals surface area contributed by atoms with Crippen molar-refractivity contribution in [3.63, 3.8) is 0 Å². The highest BCUT2D eigenvalue weighted by atomic mass is 35.5. The number of hydrogen-bond acceptors (Lipinski definition) is 5. The number of hydrogen-bond donors (Lipinski definition) is 1. The molecule has 0 atom stereocenters. The van der Waals surface area contributed by atoms with E-state index < -0.39 is 0 Å². The van der Waals surface area contributed by atoms with E-state index in [9.17, 15) is 0 Å². The molecule has 0 aliphatic rings. The minimum Gasteiger partial charge on any atom is -0.338 e. The van der Waals surface area contributed by atoms with Crippen molar-refractivity contribution in [3.8, 4) is 0 Å². The van der Waals surface area contributed by atoms with E-state index in [2.05, 4.69) is 15.3 Å². The van der Waals surface area contributed by atoms with Crippen LogP contribution in [0.3, 0.4) is 0 Å². The lowest BCUT2D eigenvalue weighted by molar-refractivity contribution is 1.11. The number of benzene rings is 1. The molecule has 4 heterocycles. The largest absolute Gasteiger partial charge is 0.338 e. The van der Waals surface area contributed by atoms with Crippen molar-refractivity contribution < 1.29 is 0 Å². The van der Waals surface area contributed by atoms with Gasteiger partial charge in [-0.15, -0.1) is 0 Å². The van der Waals surface area contributed by atoms with Gasteiger partial charge in [0, 0.05) is 34.7 Å². The number of nitrogens with one attached hydrogen (secondary N) is 1. The number of nitrogens with zero attached hydrogens (tertiary/aromatic N) is 5. The summed E-state index contributed by atoms with van der Waals surface area (Å²) >= 11 is 6.10. The first kappa shape index (κ1) is 14.1. The molecule has 0 fully saturated rings. The fourth-order valence-electron chi connectivity index (χ4n) is 2.94. The summed E-state index contributed by atoms with van der Waals surface area (Å²) in [5, 5.41) is 4.91. The van der Waals surface area contributed by atoms with Gasteiger partial charge in [-0.2, -0.15) is 0 Å². The van der Waals surface area contributed by atoms with Gasteiger partial charge in [0.05, 0.1) is 5.52 Å². The summed E-state index contributed by atoms with van der Waals surface area (Å²) in [5.41, 5.74) is 4.16. The average molecular weight is 347 g/mol. The number of rotatable bonds is 2. The number of fused-ring (bicyclic) bond motifs is 5. The highest BCUT2D eigenvalue weighted by molar-refractivity contribution is 6.30. The molecule has 4 aromatic heterocycles. The maximum Gasteiger partial charge on any atom is 0.157 e. The maximum atomic E-state index is 6.10. The molecule has 0 aliphatic heterocycles. The molecule has 120 valence electrons. The molecule has 0 bridgehead atoms. The van der Waals surface area contributed by atoms with Crippen LogP contribution in [0.15, 0.2) is 61.3 Å². The molecule has 1 N–H and O–H groups in total. The van der Waals surface area contributed by atoms with Gasteiger partial charge in [-0.3, -0.25) is 9.38 Å². The van der Waals surface area contributed by atoms with Gasteiger partial charge in [-0.25, -0.2) is 15.0 Å². The Hall–Kier alpha value is -3.25. The molecule has 0 saturated heterocycles. The van der Waals surface area contributed by atoms with Crippen LogP contribution in [-0.4, -0.2) is 24.3 Å². The molecule has 1 aromatic carbocycles. The molecule has 6 nitrogen and oxygen atoms in total. The summed E-state index contributed by atoms with van der Waals surface area (Å²) in [6.45, 7) is 0. The minimum absolute atomic E-state index is 0.658. The lowest BCUT2D eigenvalue weighted by Crippen LogP contribution is -1.98. The van der Waals surface area contributed by atoms with E-state index >= 15 is 0 Å². The van der Waals surface area contributed by atoms with E-state index in [4.69, 9.17) is 21.6 Å². The van der Waals surface area contributed by atoms with Gasteiger partial charge in [-0.05, 0) is 30.3 Å². The predicted molar refractivity (Wildman–Crippen MR) is 98.3 cm³/mol. The van der Waals surface area contributed by atoms with Crippen molar-refractivity contribution in [1.82, 2.24) is 24.3 Å². The van der Waals surface area contributed by atoms with Gasteiger partial charge in [0.1, 0.15) is 23.0 Å². The van der Waals surface area contributed by atoms with E-state index in [0.717, 1.165) is 33.3 Å². The first-order valence-electron chi connectivity index (χ1n) is 7.68. The zero-order chi connectivity index (χ0) is 16.8. The summed E-state index contributed by atoms with van der Waals surface area (Å²) in [6, 6.07) is 11.3. The Kier molecular flexibility index (Phi) is 3.05. The SMILES string of the molecule is Clc1cccc(Nc2nc3ccncc3c3nc4ccncn4c23)c1. The van der Waals surface area contributed by atoms with Crippen LogP contribution in [-0.2, 0) is 0 Å². The van der Waals surface area contributed by atoms with Crippen molar-refractivity contribution in [3.05, 3.63) is 66.3 Å². The second-order valence-electron chi connectivity index (χ2n) is 5.61. The minimum atomic E-state index is 0.658. The van der Waals surface area contributed by atoms with Gasteiger partial charge in [0.2, 0.25) is 0 Å². The Bertz CT molecular complexity index is 1250. The van der Waals surface area contributed by atoms with Gasteiger partial charge in [0.25, 0.3) is 0 Å². The molecule has 7 heteroatoms. The Balaban J connectivity index is 1.86. The molecular formula is C18H11ClN6. The zero-order valence-electron chi connectivity index (χ0n) is 12.9. The number of anilines is 2. The number of aromatic nitrogens is 5. The number of imidazole rings is 1. The van der Waals surface area contributed by atoms with Crippen LogP contribution >= 0.6 is 11.6 Å². The summed E-state index contributed by atoms with van der Waals surface area (Å²) in [5.74, 6) is 0.691. The van der Waals surface area contributed by atoms with E-state index in [-0.39, 0.29) is 0 Å². The highest BCUT2D eigenvalue weighted by Gasteiger charge is 2.15. The zero-order valence-corrected chi connectivity index (χ0v) is 13.6. The molecular weight excluding hydrogens is 336 g/mol. The van der Waals surface area contributed by atoms with Gasteiger partial charge >= 0.3 is 0 Å². The molecule has 0 radical (unpaired) electrons. The smallest absolute Gasteiger partial charge is 0.157 e. The van der Waals surface area contributed by atoms with Gasteiger partial charge in [0.15, 0.2) is 5.82 Å². The van der Waals surface area contributed by atoms with Crippen molar-refractivity contribution in [1.29, 1.82) is 0 Å². The standard InChI is InChI=1S/C18H11ClN6/c19-11-2-1-3-12(8-11)22-18-17-16(13-9-20-6-4-14(13)23-18)24-15-5-7-21-10-25(15)17/h1-10H,(H,22,23). The van der Waals surface area contributed by atoms with Crippen molar-refractivity contribution in [2.75, 3.05) is 5.32 Å². The van der Waals surface area contributed by atoms with Crippen LogP contribution in [0, 0.1) is 0 Å². The fourth-order valence-corrected chi connectivity index (χ4v) is 3.13. The first-order chi connectivity index (χ1) is 12.3. The Morgan fingerprint density at radius 3 is 2.84 bits per heavy atom. The molecule has 0 aliphatic carbocycles. The van der Waals surface area contributed by atoms with Crippen LogP contribution in [0.2, 0.25) is 5.02 Å². The monoisotopic (exact) mass is 346 g/mol. The lowest BCUT2D eigenvalue weighted by atomic mass is 10.2. The molecule has 0 spiro atoms. The third kappa shape index (κ3) is 2.27. The third-order valence-electron chi connectivity index (χ3n) is 4.03. The molecule has 0 saturated carbocycles. The molecule has 0 amide bonds. The molecule has 0 unspecified atom stereocenters. The summed E-state index contributed by atoms with van der Waals surface area (Å²) in [7, 11) is 0. The van der Waals surface area contributed by atoms with Crippen molar-refractivity contribution in [2.45, 2.75) is 0 Å². The number of halogens is 1. The van der Waals surface area contributed by atoms with Crippen LogP contribution in [0.5, 0.6) is 0 Å². The normalized spacial score (nSPS) is 11.4. The van der Waals surface area contributed by atoms with Crippen LogP contribution in [0.1, 0.15) is 0 Å². The van der Waals surface area contributed by atoms with Gasteiger partial charge < -0.3 is 5.32 Å². The summed E-state index contributed by atoms with van der Waals surface area (Å²) < 4.78 is 1.92. The Labute approximate surface area is 147 Å². The molecule has 5 aromatic rings. The van der Waals surface area contributed by atoms with E-state index in [1.54, 1.807) is 24.9 Å². The molecule has 5 rings (SSSR count). The van der Waals surface area contributed by atoms with E-state index in [1.165, 1.54) is 0 Å². The Morgan fingerprint density at radius 2 is 1.92 bits per heavy atom. The second-order valence-corrected chi connectivity index (χ2v) is 6.04. The van der Waals surface area contributed by atoms with Crippen LogP contribution in [0.25, 0.3) is 27.6 Å². The summed E-state index contributed by atoms with van der Waals surface area (Å²) in [6.07, 6.45) is 6.96. The molecule has 25 heavy (non-hydrogen) atoms. The van der Waals surface area contributed by atoms with Crippen LogP contribution < -0.4 is 5.32 Å². The third-order valence-corrected chi connectivity index (χ3v) is 4.26. The number of pyridine rings is 2. The fraction of sp³-hybridized carbons (Fsp3) is 0. The van der Waals surface area contributed by atoms with Gasteiger partial charge in [-0.1, -0.05) is 17.7 Å². The van der Waals surface area contributed by atoms with Crippen molar-refractivity contribution >= 4 is 50.7 Å². The maximum absolute atomic E-state index is 6.10. The average Bonchev–Trinajstić information content (AvgIpc) is 3.02. The van der Waals surface area contributed by atoms with E-state index in [1.807, 2.05) is 40.8 Å². The van der Waals surface area contributed by atoms with Crippen molar-refractivity contribution in [2.24, 2.45) is 0 Å². The predicted octanol–water partition coefficient (Wildman–Crippen LogP) is 4.22. The second kappa shape index (κ2) is 5.39. The Morgan fingerprint density at radius 1 is 1.00 bits per heavy atom.